The van der Waals surface area contributed by atoms with Crippen molar-refractivity contribution in [3.8, 4) is 5.75 Å². The smallest absolute Gasteiger partial charge is 0.241 e. The number of sulfonamides is 1. The second-order valence-corrected chi connectivity index (χ2v) is 8.97. The Labute approximate surface area is 161 Å². The topological polar surface area (TPSA) is 75.7 Å². The summed E-state index contributed by atoms with van der Waals surface area (Å²) in [6, 6.07) is 16.4. The van der Waals surface area contributed by atoms with Crippen molar-refractivity contribution >= 4 is 21.6 Å². The van der Waals surface area contributed by atoms with Gasteiger partial charge >= 0.3 is 0 Å². The fourth-order valence-corrected chi connectivity index (χ4v) is 3.71. The van der Waals surface area contributed by atoms with E-state index in [-0.39, 0.29) is 12.5 Å². The molecule has 2 rings (SSSR count). The molecule has 0 atom stereocenters. The fourth-order valence-electron chi connectivity index (χ4n) is 2.86. The van der Waals surface area contributed by atoms with Gasteiger partial charge in [0.1, 0.15) is 12.3 Å². The van der Waals surface area contributed by atoms with E-state index in [0.717, 1.165) is 16.1 Å². The normalized spacial score (nSPS) is 11.7. The van der Waals surface area contributed by atoms with Crippen LogP contribution in [0.5, 0.6) is 5.75 Å². The lowest BCUT2D eigenvalue weighted by Crippen LogP contribution is -2.50. The van der Waals surface area contributed by atoms with Gasteiger partial charge in [-0.25, -0.2) is 8.42 Å². The number of methoxy groups -OCH3 is 1. The second-order valence-electron chi connectivity index (χ2n) is 7.07. The zero-order valence-corrected chi connectivity index (χ0v) is 16.9. The minimum Gasteiger partial charge on any atom is -0.497 e. The van der Waals surface area contributed by atoms with Crippen LogP contribution in [0.25, 0.3) is 0 Å². The maximum absolute atomic E-state index is 12.6. The van der Waals surface area contributed by atoms with Crippen molar-refractivity contribution in [3.05, 3.63) is 60.2 Å². The van der Waals surface area contributed by atoms with Crippen LogP contribution in [0.2, 0.25) is 0 Å². The summed E-state index contributed by atoms with van der Waals surface area (Å²) in [6.45, 7) is 3.52. The summed E-state index contributed by atoms with van der Waals surface area (Å²) in [4.78, 5) is 12.6. The molecule has 0 heterocycles. The molecule has 0 aliphatic rings. The van der Waals surface area contributed by atoms with Crippen LogP contribution in [0, 0.1) is 0 Å². The Bertz CT molecular complexity index is 880. The van der Waals surface area contributed by atoms with E-state index >= 15 is 0 Å². The number of nitrogens with one attached hydrogen (secondary N) is 1. The number of hydrogen-bond acceptors (Lipinski definition) is 4. The van der Waals surface area contributed by atoms with Gasteiger partial charge in [-0.05, 0) is 38.0 Å². The molecular weight excluding hydrogens is 364 g/mol. The molecule has 0 saturated heterocycles. The van der Waals surface area contributed by atoms with Crippen molar-refractivity contribution in [2.45, 2.75) is 25.8 Å². The van der Waals surface area contributed by atoms with Crippen LogP contribution in [-0.2, 0) is 21.2 Å². The van der Waals surface area contributed by atoms with E-state index < -0.39 is 15.6 Å². The molecule has 0 aliphatic carbocycles. The highest BCUT2D eigenvalue weighted by Crippen LogP contribution is 2.23. The third-order valence-corrected chi connectivity index (χ3v) is 5.14. The Morgan fingerprint density at radius 3 is 2.37 bits per heavy atom. The van der Waals surface area contributed by atoms with Crippen molar-refractivity contribution in [2.75, 3.05) is 24.2 Å². The van der Waals surface area contributed by atoms with Gasteiger partial charge in [0.2, 0.25) is 15.9 Å². The van der Waals surface area contributed by atoms with Crippen LogP contribution in [-0.4, -0.2) is 39.8 Å². The highest BCUT2D eigenvalue weighted by atomic mass is 32.2. The van der Waals surface area contributed by atoms with E-state index in [4.69, 9.17) is 4.74 Å². The second kappa shape index (κ2) is 8.43. The van der Waals surface area contributed by atoms with Crippen LogP contribution < -0.4 is 14.4 Å². The molecule has 27 heavy (non-hydrogen) atoms. The summed E-state index contributed by atoms with van der Waals surface area (Å²) >= 11 is 0. The molecule has 0 bridgehead atoms. The van der Waals surface area contributed by atoms with Gasteiger partial charge in [0.05, 0.1) is 19.1 Å². The molecule has 0 fully saturated rings. The maximum Gasteiger partial charge on any atom is 0.241 e. The molecule has 146 valence electrons. The van der Waals surface area contributed by atoms with E-state index in [9.17, 15) is 13.2 Å². The van der Waals surface area contributed by atoms with Gasteiger partial charge in [-0.2, -0.15) is 0 Å². The molecule has 0 unspecified atom stereocenters. The van der Waals surface area contributed by atoms with Crippen LogP contribution in [0.3, 0.4) is 0 Å². The molecule has 6 nitrogen and oxygen atoms in total. The van der Waals surface area contributed by atoms with Crippen molar-refractivity contribution < 1.29 is 17.9 Å². The molecular formula is C20H26N2O4S. The Hall–Kier alpha value is -2.54. The monoisotopic (exact) mass is 390 g/mol. The maximum atomic E-state index is 12.6. The third kappa shape index (κ3) is 6.29. The lowest BCUT2D eigenvalue weighted by molar-refractivity contribution is -0.121. The number of ether oxygens (including phenoxy) is 1. The van der Waals surface area contributed by atoms with Gasteiger partial charge in [0, 0.05) is 11.6 Å². The minimum atomic E-state index is -3.64. The first-order valence-corrected chi connectivity index (χ1v) is 10.4. The Morgan fingerprint density at radius 1 is 1.11 bits per heavy atom. The van der Waals surface area contributed by atoms with E-state index in [1.54, 1.807) is 24.3 Å². The molecule has 0 spiro atoms. The number of hydrogen-bond donors (Lipinski definition) is 1. The number of amides is 1. The number of rotatable bonds is 8. The number of carbonyl (C=O) groups is 1. The van der Waals surface area contributed by atoms with E-state index in [1.165, 1.54) is 7.11 Å². The number of carbonyl (C=O) groups excluding carboxylic acids is 1. The zero-order chi connectivity index (χ0) is 20.1. The summed E-state index contributed by atoms with van der Waals surface area (Å²) in [7, 11) is -2.13. The predicted molar refractivity (Wildman–Crippen MR) is 108 cm³/mol. The largest absolute Gasteiger partial charge is 0.497 e. The number of anilines is 1. The van der Waals surface area contributed by atoms with Crippen molar-refractivity contribution in [1.82, 2.24) is 5.32 Å². The van der Waals surface area contributed by atoms with Gasteiger partial charge in [0.25, 0.3) is 0 Å². The van der Waals surface area contributed by atoms with E-state index in [0.29, 0.717) is 17.9 Å². The lowest BCUT2D eigenvalue weighted by Gasteiger charge is -2.29. The standard InChI is InChI=1S/C20H26N2O4S/c1-20(2,14-16-9-6-5-7-10-16)21-19(23)15-22(27(4,24)25)17-11-8-12-18(13-17)26-3/h5-13H,14-15H2,1-4H3,(H,21,23). The average Bonchev–Trinajstić information content (AvgIpc) is 2.58. The average molecular weight is 391 g/mol. The van der Waals surface area contributed by atoms with Gasteiger partial charge in [-0.1, -0.05) is 36.4 Å². The molecule has 0 radical (unpaired) electrons. The van der Waals surface area contributed by atoms with Crippen LogP contribution in [0.15, 0.2) is 54.6 Å². The Balaban J connectivity index is 2.14. The third-order valence-electron chi connectivity index (χ3n) is 4.00. The van der Waals surface area contributed by atoms with Gasteiger partial charge in [-0.3, -0.25) is 9.10 Å². The number of nitrogens with zero attached hydrogens (tertiary/aromatic N) is 1. The Kier molecular flexibility index (Phi) is 6.49. The first-order chi connectivity index (χ1) is 12.6. The molecule has 0 saturated carbocycles. The highest BCUT2D eigenvalue weighted by Gasteiger charge is 2.26. The predicted octanol–water partition coefficient (Wildman–Crippen LogP) is 2.60. The molecule has 0 aliphatic heterocycles. The van der Waals surface area contributed by atoms with Gasteiger partial charge < -0.3 is 10.1 Å². The molecule has 2 aromatic rings. The van der Waals surface area contributed by atoms with Gasteiger partial charge in [0.15, 0.2) is 0 Å². The van der Waals surface area contributed by atoms with Crippen molar-refractivity contribution in [2.24, 2.45) is 0 Å². The SMILES string of the molecule is COc1cccc(N(CC(=O)NC(C)(C)Cc2ccccc2)S(C)(=O)=O)c1. The van der Waals surface area contributed by atoms with Crippen molar-refractivity contribution in [3.63, 3.8) is 0 Å². The quantitative estimate of drug-likeness (QED) is 0.752. The van der Waals surface area contributed by atoms with Crippen LogP contribution in [0.4, 0.5) is 5.69 Å². The molecule has 1 amide bonds. The summed E-state index contributed by atoms with van der Waals surface area (Å²) in [5.41, 5.74) is 0.958. The number of benzene rings is 2. The zero-order valence-electron chi connectivity index (χ0n) is 16.1. The first-order valence-electron chi connectivity index (χ1n) is 8.57. The Morgan fingerprint density at radius 2 is 1.78 bits per heavy atom. The van der Waals surface area contributed by atoms with E-state index in [1.807, 2.05) is 44.2 Å². The molecule has 1 N–H and O–H groups in total. The van der Waals surface area contributed by atoms with Crippen LogP contribution >= 0.6 is 0 Å². The van der Waals surface area contributed by atoms with Gasteiger partial charge in [-0.15, -0.1) is 0 Å². The van der Waals surface area contributed by atoms with E-state index in [2.05, 4.69) is 5.32 Å². The van der Waals surface area contributed by atoms with Crippen LogP contribution in [0.1, 0.15) is 19.4 Å². The summed E-state index contributed by atoms with van der Waals surface area (Å²) in [5.74, 6) is 0.148. The molecule has 0 aromatic heterocycles. The first kappa shape index (κ1) is 20.8. The minimum absolute atomic E-state index is 0.301. The summed E-state index contributed by atoms with van der Waals surface area (Å²) in [6.07, 6.45) is 1.71. The fraction of sp³-hybridized carbons (Fsp3) is 0.350. The highest BCUT2D eigenvalue weighted by molar-refractivity contribution is 7.92. The summed E-state index contributed by atoms with van der Waals surface area (Å²) in [5, 5.41) is 2.93. The van der Waals surface area contributed by atoms with Crippen molar-refractivity contribution in [1.29, 1.82) is 0 Å². The molecule has 7 heteroatoms. The lowest BCUT2D eigenvalue weighted by atomic mass is 9.95. The summed E-state index contributed by atoms with van der Waals surface area (Å²) < 4.78 is 30.7. The molecule has 2 aromatic carbocycles.